The van der Waals surface area contributed by atoms with Gasteiger partial charge in [0.25, 0.3) is 0 Å². The summed E-state index contributed by atoms with van der Waals surface area (Å²) in [5.41, 5.74) is 6.34. The van der Waals surface area contributed by atoms with E-state index >= 15 is 0 Å². The predicted octanol–water partition coefficient (Wildman–Crippen LogP) is 1.93. The Morgan fingerprint density at radius 2 is 2.21 bits per heavy atom. The van der Waals surface area contributed by atoms with Crippen LogP contribution >= 0.6 is 0 Å². The highest BCUT2D eigenvalue weighted by molar-refractivity contribution is 5.25. The van der Waals surface area contributed by atoms with Crippen LogP contribution in [0.2, 0.25) is 0 Å². The van der Waals surface area contributed by atoms with Gasteiger partial charge in [-0.05, 0) is 20.3 Å². The maximum absolute atomic E-state index is 5.59. The number of nitrogen functional groups attached to an aromatic ring is 1. The van der Waals surface area contributed by atoms with Crippen molar-refractivity contribution in [2.45, 2.75) is 39.7 Å². The Morgan fingerprint density at radius 3 is 2.79 bits per heavy atom. The number of aryl methyl sites for hydroxylation is 1. The third kappa shape index (κ3) is 3.20. The molecule has 0 aliphatic heterocycles. The lowest BCUT2D eigenvalue weighted by Crippen LogP contribution is -2.13. The molecule has 1 aromatic rings. The van der Waals surface area contributed by atoms with Crippen molar-refractivity contribution < 1.29 is 4.74 Å². The number of nitrogens with zero attached hydrogens (tertiary/aromatic N) is 2. The first-order chi connectivity index (χ1) is 6.61. The van der Waals surface area contributed by atoms with Gasteiger partial charge >= 0.3 is 0 Å². The lowest BCUT2D eigenvalue weighted by molar-refractivity contribution is 0.201. The molecular weight excluding hydrogens is 178 g/mol. The second-order valence-electron chi connectivity index (χ2n) is 3.42. The normalized spacial score (nSPS) is 12.5. The summed E-state index contributed by atoms with van der Waals surface area (Å²) in [7, 11) is 0. The number of rotatable bonds is 4. The minimum Gasteiger partial charge on any atom is -0.475 e. The molecule has 0 aliphatic rings. The van der Waals surface area contributed by atoms with Gasteiger partial charge < -0.3 is 10.5 Å². The van der Waals surface area contributed by atoms with Gasteiger partial charge in [0.2, 0.25) is 11.8 Å². The fraction of sp³-hybridized carbons (Fsp3) is 0.600. The van der Waals surface area contributed by atoms with Gasteiger partial charge in [-0.3, -0.25) is 0 Å². The van der Waals surface area contributed by atoms with E-state index in [1.54, 1.807) is 6.07 Å². The zero-order chi connectivity index (χ0) is 10.6. The summed E-state index contributed by atoms with van der Waals surface area (Å²) in [6.07, 6.45) is 2.29. The zero-order valence-corrected chi connectivity index (χ0v) is 8.95. The first-order valence-electron chi connectivity index (χ1n) is 4.89. The number of hydrogen-bond acceptors (Lipinski definition) is 4. The molecule has 0 bridgehead atoms. The molecule has 14 heavy (non-hydrogen) atoms. The molecule has 4 heteroatoms. The second-order valence-corrected chi connectivity index (χ2v) is 3.42. The average molecular weight is 195 g/mol. The third-order valence-corrected chi connectivity index (χ3v) is 1.87. The maximum Gasteiger partial charge on any atom is 0.223 e. The van der Waals surface area contributed by atoms with Gasteiger partial charge in [-0.25, -0.2) is 4.98 Å². The molecule has 0 amide bonds. The average Bonchev–Trinajstić information content (AvgIpc) is 2.01. The standard InChI is InChI=1S/C10H17N3O/c1-4-5-8(3)14-9-6-7(2)12-10(11)13-9/h6,8H,4-5H2,1-3H3,(H2,11,12,13). The minimum atomic E-state index is 0.175. The molecule has 4 nitrogen and oxygen atoms in total. The van der Waals surface area contributed by atoms with Crippen LogP contribution in [0.15, 0.2) is 6.07 Å². The fourth-order valence-electron chi connectivity index (χ4n) is 1.29. The van der Waals surface area contributed by atoms with E-state index < -0.39 is 0 Å². The van der Waals surface area contributed by atoms with Crippen molar-refractivity contribution in [2.24, 2.45) is 0 Å². The SMILES string of the molecule is CCCC(C)Oc1cc(C)nc(N)n1. The lowest BCUT2D eigenvalue weighted by atomic mass is 10.2. The Hall–Kier alpha value is -1.32. The van der Waals surface area contributed by atoms with Crippen LogP contribution in [0.1, 0.15) is 32.4 Å². The number of nitrogens with two attached hydrogens (primary N) is 1. The van der Waals surface area contributed by atoms with Crippen LogP contribution in [0.3, 0.4) is 0 Å². The molecule has 1 aromatic heterocycles. The van der Waals surface area contributed by atoms with E-state index in [0.717, 1.165) is 18.5 Å². The van der Waals surface area contributed by atoms with Gasteiger partial charge in [0.05, 0.1) is 6.10 Å². The van der Waals surface area contributed by atoms with Crippen molar-refractivity contribution in [1.29, 1.82) is 0 Å². The highest BCUT2D eigenvalue weighted by Crippen LogP contribution is 2.13. The largest absolute Gasteiger partial charge is 0.475 e. The van der Waals surface area contributed by atoms with Crippen molar-refractivity contribution >= 4 is 5.95 Å². The molecule has 1 atom stereocenters. The van der Waals surface area contributed by atoms with Crippen LogP contribution in [0.4, 0.5) is 5.95 Å². The molecule has 0 saturated carbocycles. The summed E-state index contributed by atoms with van der Waals surface area (Å²) in [5.74, 6) is 0.833. The van der Waals surface area contributed by atoms with Crippen LogP contribution in [0.25, 0.3) is 0 Å². The predicted molar refractivity (Wildman–Crippen MR) is 56.2 cm³/mol. The summed E-state index contributed by atoms with van der Waals surface area (Å²) in [5, 5.41) is 0. The number of hydrogen-bond donors (Lipinski definition) is 1. The van der Waals surface area contributed by atoms with Crippen molar-refractivity contribution in [2.75, 3.05) is 5.73 Å². The van der Waals surface area contributed by atoms with E-state index in [2.05, 4.69) is 16.9 Å². The minimum absolute atomic E-state index is 0.175. The first kappa shape index (κ1) is 10.8. The highest BCUT2D eigenvalue weighted by atomic mass is 16.5. The van der Waals surface area contributed by atoms with Gasteiger partial charge in [0.15, 0.2) is 0 Å². The fourth-order valence-corrected chi connectivity index (χ4v) is 1.29. The van der Waals surface area contributed by atoms with Gasteiger partial charge in [0.1, 0.15) is 0 Å². The molecule has 0 radical (unpaired) electrons. The van der Waals surface area contributed by atoms with E-state index in [-0.39, 0.29) is 12.1 Å². The zero-order valence-electron chi connectivity index (χ0n) is 8.95. The van der Waals surface area contributed by atoms with Crippen molar-refractivity contribution in [3.8, 4) is 5.88 Å². The van der Waals surface area contributed by atoms with Gasteiger partial charge in [0, 0.05) is 11.8 Å². The Bertz CT molecular complexity index is 281. The van der Waals surface area contributed by atoms with Gasteiger partial charge in [-0.15, -0.1) is 0 Å². The molecule has 0 aromatic carbocycles. The first-order valence-corrected chi connectivity index (χ1v) is 4.89. The van der Waals surface area contributed by atoms with Crippen molar-refractivity contribution in [3.05, 3.63) is 11.8 Å². The smallest absolute Gasteiger partial charge is 0.223 e. The van der Waals surface area contributed by atoms with E-state index in [1.807, 2.05) is 13.8 Å². The number of ether oxygens (including phenoxy) is 1. The quantitative estimate of drug-likeness (QED) is 0.797. The summed E-state index contributed by atoms with van der Waals surface area (Å²) < 4.78 is 5.59. The Labute approximate surface area is 84.5 Å². The topological polar surface area (TPSA) is 61.0 Å². The van der Waals surface area contributed by atoms with Crippen LogP contribution in [0, 0.1) is 6.92 Å². The Morgan fingerprint density at radius 1 is 1.50 bits per heavy atom. The summed E-state index contributed by atoms with van der Waals surface area (Å²) in [6.45, 7) is 6.02. The van der Waals surface area contributed by atoms with Crippen molar-refractivity contribution in [1.82, 2.24) is 9.97 Å². The number of aromatic nitrogens is 2. The molecule has 2 N–H and O–H groups in total. The molecule has 1 unspecified atom stereocenters. The van der Waals surface area contributed by atoms with E-state index in [0.29, 0.717) is 5.88 Å². The molecule has 0 spiro atoms. The molecule has 0 saturated heterocycles. The lowest BCUT2D eigenvalue weighted by Gasteiger charge is -2.12. The number of anilines is 1. The Balaban J connectivity index is 2.66. The molecular formula is C10H17N3O. The van der Waals surface area contributed by atoms with Gasteiger partial charge in [-0.1, -0.05) is 13.3 Å². The van der Waals surface area contributed by atoms with E-state index in [4.69, 9.17) is 10.5 Å². The van der Waals surface area contributed by atoms with Crippen molar-refractivity contribution in [3.63, 3.8) is 0 Å². The molecule has 0 aliphatic carbocycles. The third-order valence-electron chi connectivity index (χ3n) is 1.87. The monoisotopic (exact) mass is 195 g/mol. The Kier molecular flexibility index (Phi) is 3.68. The summed E-state index contributed by atoms with van der Waals surface area (Å²) in [4.78, 5) is 7.97. The van der Waals surface area contributed by atoms with Crippen LogP contribution < -0.4 is 10.5 Å². The van der Waals surface area contributed by atoms with E-state index in [1.165, 1.54) is 0 Å². The van der Waals surface area contributed by atoms with E-state index in [9.17, 15) is 0 Å². The molecule has 1 heterocycles. The molecule has 1 rings (SSSR count). The van der Waals surface area contributed by atoms with Crippen LogP contribution in [-0.2, 0) is 0 Å². The molecule has 78 valence electrons. The molecule has 0 fully saturated rings. The van der Waals surface area contributed by atoms with Gasteiger partial charge in [-0.2, -0.15) is 4.98 Å². The second kappa shape index (κ2) is 4.79. The van der Waals surface area contributed by atoms with Crippen LogP contribution in [-0.4, -0.2) is 16.1 Å². The van der Waals surface area contributed by atoms with Crippen LogP contribution in [0.5, 0.6) is 5.88 Å². The highest BCUT2D eigenvalue weighted by Gasteiger charge is 2.05. The summed E-state index contributed by atoms with van der Waals surface area (Å²) in [6, 6.07) is 1.79. The summed E-state index contributed by atoms with van der Waals surface area (Å²) >= 11 is 0. The maximum atomic E-state index is 5.59.